The molecule has 0 aromatic carbocycles. The van der Waals surface area contributed by atoms with Crippen molar-refractivity contribution in [3.63, 3.8) is 0 Å². The van der Waals surface area contributed by atoms with Crippen LogP contribution in [0.4, 0.5) is 0 Å². The van der Waals surface area contributed by atoms with E-state index in [9.17, 15) is 0 Å². The second kappa shape index (κ2) is 9.32. The second-order valence-corrected chi connectivity index (χ2v) is 7.37. The van der Waals surface area contributed by atoms with Gasteiger partial charge in [-0.1, -0.05) is 18.5 Å². The molecular formula is C13H21BrClNOS. The maximum atomic E-state index is 6.02. The van der Waals surface area contributed by atoms with E-state index in [0.29, 0.717) is 0 Å². The second-order valence-electron chi connectivity index (χ2n) is 4.51. The monoisotopic (exact) mass is 353 g/mol. The van der Waals surface area contributed by atoms with Gasteiger partial charge in [0.2, 0.25) is 0 Å². The first kappa shape index (κ1) is 16.4. The molecule has 0 aliphatic carbocycles. The van der Waals surface area contributed by atoms with Gasteiger partial charge >= 0.3 is 0 Å². The summed E-state index contributed by atoms with van der Waals surface area (Å²) in [5.74, 6) is 0.736. The van der Waals surface area contributed by atoms with Crippen molar-refractivity contribution in [3.05, 3.63) is 19.8 Å². The normalized spacial score (nSPS) is 12.9. The van der Waals surface area contributed by atoms with Gasteiger partial charge in [-0.05, 0) is 53.7 Å². The molecule has 0 radical (unpaired) electrons. The quantitative estimate of drug-likeness (QED) is 0.665. The largest absolute Gasteiger partial charge is 0.383 e. The van der Waals surface area contributed by atoms with Gasteiger partial charge in [-0.3, -0.25) is 0 Å². The molecule has 0 saturated heterocycles. The summed E-state index contributed by atoms with van der Waals surface area (Å²) in [5.41, 5.74) is 0. The van der Waals surface area contributed by atoms with Crippen LogP contribution in [0.25, 0.3) is 0 Å². The Morgan fingerprint density at radius 3 is 2.83 bits per heavy atom. The third-order valence-corrected chi connectivity index (χ3v) is 5.41. The molecule has 104 valence electrons. The first-order chi connectivity index (χ1) is 8.63. The number of hydrogen-bond acceptors (Lipinski definition) is 3. The Morgan fingerprint density at radius 2 is 2.22 bits per heavy atom. The lowest BCUT2D eigenvalue weighted by Crippen LogP contribution is -2.21. The van der Waals surface area contributed by atoms with Gasteiger partial charge in [-0.25, -0.2) is 0 Å². The molecule has 18 heavy (non-hydrogen) atoms. The van der Waals surface area contributed by atoms with Gasteiger partial charge in [0.1, 0.15) is 0 Å². The molecule has 0 bridgehead atoms. The molecule has 1 unspecified atom stereocenters. The summed E-state index contributed by atoms with van der Waals surface area (Å²) < 4.78 is 6.04. The van der Waals surface area contributed by atoms with Crippen molar-refractivity contribution in [2.24, 2.45) is 5.92 Å². The minimum Gasteiger partial charge on any atom is -0.383 e. The highest BCUT2D eigenvalue weighted by Crippen LogP contribution is 2.33. The molecule has 1 N–H and O–H groups in total. The number of ether oxygens (including phenoxy) is 1. The molecule has 0 amide bonds. The Bertz CT molecular complexity index is 326. The Hall–Kier alpha value is 0.390. The van der Waals surface area contributed by atoms with Gasteiger partial charge in [0.05, 0.1) is 15.4 Å². The van der Waals surface area contributed by atoms with E-state index in [-0.39, 0.29) is 0 Å². The Morgan fingerprint density at radius 1 is 1.44 bits per heavy atom. The highest BCUT2D eigenvalue weighted by molar-refractivity contribution is 9.11. The van der Waals surface area contributed by atoms with Crippen molar-refractivity contribution in [1.82, 2.24) is 5.32 Å². The standard InChI is InChI=1S/C13H21BrClNOS/c1-10(5-6-16-7-8-17-2)3-4-11-9-12(15)13(14)18-11/h9-10,16H,3-8H2,1-2H3. The van der Waals surface area contributed by atoms with Crippen LogP contribution in [0, 0.1) is 5.92 Å². The van der Waals surface area contributed by atoms with E-state index in [1.54, 1.807) is 18.4 Å². The highest BCUT2D eigenvalue weighted by Gasteiger charge is 2.07. The molecule has 5 heteroatoms. The lowest BCUT2D eigenvalue weighted by Gasteiger charge is -2.11. The third-order valence-electron chi connectivity index (χ3n) is 2.88. The van der Waals surface area contributed by atoms with Gasteiger partial charge in [-0.15, -0.1) is 11.3 Å². The van der Waals surface area contributed by atoms with E-state index >= 15 is 0 Å². The zero-order chi connectivity index (χ0) is 13.4. The van der Waals surface area contributed by atoms with E-state index in [1.165, 1.54) is 17.7 Å². The summed E-state index contributed by atoms with van der Waals surface area (Å²) in [6.45, 7) is 5.11. The van der Waals surface area contributed by atoms with Gasteiger partial charge in [0, 0.05) is 18.5 Å². The van der Waals surface area contributed by atoms with Crippen LogP contribution >= 0.6 is 38.9 Å². The molecule has 0 aliphatic heterocycles. The van der Waals surface area contributed by atoms with Gasteiger partial charge in [0.25, 0.3) is 0 Å². The lowest BCUT2D eigenvalue weighted by molar-refractivity contribution is 0.199. The fourth-order valence-corrected chi connectivity index (χ4v) is 3.53. The Labute approximate surface area is 127 Å². The third kappa shape index (κ3) is 6.53. The van der Waals surface area contributed by atoms with Crippen molar-refractivity contribution < 1.29 is 4.74 Å². The Balaban J connectivity index is 2.11. The van der Waals surface area contributed by atoms with Gasteiger partial charge < -0.3 is 10.1 Å². The van der Waals surface area contributed by atoms with Crippen LogP contribution in [0.5, 0.6) is 0 Å². The predicted molar refractivity (Wildman–Crippen MR) is 83.9 cm³/mol. The van der Waals surface area contributed by atoms with E-state index in [0.717, 1.165) is 40.8 Å². The molecule has 1 aromatic rings. The highest BCUT2D eigenvalue weighted by atomic mass is 79.9. The average Bonchev–Trinajstić information content (AvgIpc) is 2.66. The van der Waals surface area contributed by atoms with Crippen molar-refractivity contribution in [2.45, 2.75) is 26.2 Å². The first-order valence-electron chi connectivity index (χ1n) is 6.26. The topological polar surface area (TPSA) is 21.3 Å². The van der Waals surface area contributed by atoms with Crippen molar-refractivity contribution in [3.8, 4) is 0 Å². The number of nitrogens with one attached hydrogen (secondary N) is 1. The average molecular weight is 355 g/mol. The van der Waals surface area contributed by atoms with Gasteiger partial charge in [-0.2, -0.15) is 0 Å². The van der Waals surface area contributed by atoms with Crippen LogP contribution in [-0.4, -0.2) is 26.8 Å². The summed E-state index contributed by atoms with van der Waals surface area (Å²) in [6.07, 6.45) is 3.55. The molecule has 0 aliphatic rings. The zero-order valence-corrected chi connectivity index (χ0v) is 14.1. The summed E-state index contributed by atoms with van der Waals surface area (Å²) in [5, 5.41) is 4.21. The lowest BCUT2D eigenvalue weighted by atomic mass is 10.0. The Kier molecular flexibility index (Phi) is 8.51. The molecular weight excluding hydrogens is 334 g/mol. The predicted octanol–water partition coefficient (Wildman–Crippen LogP) is 4.36. The van der Waals surface area contributed by atoms with E-state index < -0.39 is 0 Å². The molecule has 0 fully saturated rings. The summed E-state index contributed by atoms with van der Waals surface area (Å²) >= 11 is 11.2. The molecule has 0 spiro atoms. The van der Waals surface area contributed by atoms with Crippen molar-refractivity contribution in [2.75, 3.05) is 26.8 Å². The molecule has 1 atom stereocenters. The van der Waals surface area contributed by atoms with Gasteiger partial charge in [0.15, 0.2) is 0 Å². The maximum absolute atomic E-state index is 6.02. The smallest absolute Gasteiger partial charge is 0.0887 e. The number of rotatable bonds is 9. The van der Waals surface area contributed by atoms with E-state index in [2.05, 4.69) is 34.2 Å². The SMILES string of the molecule is COCCNCCC(C)CCc1cc(Cl)c(Br)s1. The summed E-state index contributed by atoms with van der Waals surface area (Å²) in [4.78, 5) is 1.37. The van der Waals surface area contributed by atoms with Crippen LogP contribution in [0.3, 0.4) is 0 Å². The number of aryl methyl sites for hydroxylation is 1. The molecule has 1 aromatic heterocycles. The number of thiophene rings is 1. The molecule has 1 rings (SSSR count). The number of methoxy groups -OCH3 is 1. The fraction of sp³-hybridized carbons (Fsp3) is 0.692. The fourth-order valence-electron chi connectivity index (χ4n) is 1.70. The number of halogens is 2. The van der Waals surface area contributed by atoms with Crippen LogP contribution < -0.4 is 5.32 Å². The summed E-state index contributed by atoms with van der Waals surface area (Å²) in [6, 6.07) is 2.07. The molecule has 0 saturated carbocycles. The van der Waals surface area contributed by atoms with Crippen LogP contribution in [0.2, 0.25) is 5.02 Å². The zero-order valence-electron chi connectivity index (χ0n) is 11.0. The van der Waals surface area contributed by atoms with E-state index in [1.807, 2.05) is 0 Å². The minimum atomic E-state index is 0.736. The van der Waals surface area contributed by atoms with Crippen molar-refractivity contribution >= 4 is 38.9 Å². The maximum Gasteiger partial charge on any atom is 0.0887 e. The minimum absolute atomic E-state index is 0.736. The summed E-state index contributed by atoms with van der Waals surface area (Å²) in [7, 11) is 1.73. The van der Waals surface area contributed by atoms with Crippen LogP contribution in [0.1, 0.15) is 24.6 Å². The number of hydrogen-bond donors (Lipinski definition) is 1. The van der Waals surface area contributed by atoms with Crippen molar-refractivity contribution in [1.29, 1.82) is 0 Å². The molecule has 1 heterocycles. The van der Waals surface area contributed by atoms with Crippen LogP contribution in [-0.2, 0) is 11.2 Å². The first-order valence-corrected chi connectivity index (χ1v) is 8.25. The van der Waals surface area contributed by atoms with E-state index in [4.69, 9.17) is 16.3 Å². The van der Waals surface area contributed by atoms with Crippen LogP contribution in [0.15, 0.2) is 9.85 Å². The molecule has 2 nitrogen and oxygen atoms in total.